The van der Waals surface area contributed by atoms with Gasteiger partial charge in [0.2, 0.25) is 11.8 Å². The van der Waals surface area contributed by atoms with Crippen LogP contribution in [-0.2, 0) is 74.9 Å². The van der Waals surface area contributed by atoms with E-state index in [9.17, 15) is 52.5 Å². The minimum absolute atomic E-state index is 0. The van der Waals surface area contributed by atoms with Crippen LogP contribution in [-0.4, -0.2) is 132 Å². The minimum Gasteiger partial charge on any atom is -0.756 e. The summed E-state index contributed by atoms with van der Waals surface area (Å²) >= 11 is 0. The number of hydrogen-bond donors (Lipinski definition) is 4. The maximum atomic E-state index is 13.3. The van der Waals surface area contributed by atoms with E-state index in [1.807, 2.05) is 0 Å². The molecule has 0 saturated carbocycles. The van der Waals surface area contributed by atoms with Gasteiger partial charge in [0.05, 0.1) is 77.8 Å². The second-order valence-corrected chi connectivity index (χ2v) is 32.8. The quantitative estimate of drug-likeness (QED) is 0.0144. The molecule has 0 bridgehead atoms. The van der Waals surface area contributed by atoms with Crippen molar-refractivity contribution in [3.8, 4) is 0 Å². The molecule has 4 N–H and O–H groups in total. The summed E-state index contributed by atoms with van der Waals surface area (Å²) in [4.78, 5) is 117. The Morgan fingerprint density at radius 3 is 0.845 bits per heavy atom. The molecule has 23 nitrogen and oxygen atoms in total. The Hall–Kier alpha value is -1.37. The average Bonchev–Trinajstić information content (AvgIpc) is 0.912. The molecule has 0 heterocycles. The standard InChI is InChI=1S/C83H160N4O19P2.2Na/c1-7-13-19-25-29-33-37-43-47-53-75(88)67-79(90)86-73(69-99-63-59-77(55-49-41-23-17-11-5)105-81(92)57-51-45-39-35-31-27-21-15-9-3)71-103-107(95,96)101-65-61-84-83(94)85-62-66-102-108(97,98)104-72-74(87-80(91)68-76(89)54-48-44-38-34-30-26-20-14-8-2)70-100-64-60-78(56-50-42-24-18-12-6)106-82(93)58-52-46-40-36-32-28-22-16-10-4;;/h73-74,77-78H,7-72H2,1-6H3,(H,86,90)(H,87,91)(H,95,96)(H,97,98)(H2,84,85,94);;/q;2*+1/p-2. The number of nitrogens with one attached hydrogen (secondary N) is 4. The van der Waals surface area contributed by atoms with Gasteiger partial charge in [-0.15, -0.1) is 0 Å². The van der Waals surface area contributed by atoms with Crippen molar-refractivity contribution in [1.82, 2.24) is 21.3 Å². The van der Waals surface area contributed by atoms with Crippen LogP contribution in [0.3, 0.4) is 0 Å². The molecule has 0 fully saturated rings. The molecule has 0 saturated heterocycles. The molecule has 0 rings (SSSR count). The Bertz CT molecular complexity index is 2140. The van der Waals surface area contributed by atoms with Gasteiger partial charge in [-0.1, -0.05) is 298 Å². The summed E-state index contributed by atoms with van der Waals surface area (Å²) in [5.41, 5.74) is 0. The number of esters is 2. The second kappa shape index (κ2) is 82.7. The van der Waals surface area contributed by atoms with E-state index in [4.69, 9.17) is 37.0 Å². The van der Waals surface area contributed by atoms with Gasteiger partial charge in [-0.05, 0) is 51.4 Å². The first-order valence-corrected chi connectivity index (χ1v) is 46.6. The number of ketones is 2. The normalized spacial score (nSPS) is 13.5. The zero-order valence-electron chi connectivity index (χ0n) is 71.1. The van der Waals surface area contributed by atoms with Crippen LogP contribution in [0.15, 0.2) is 0 Å². The van der Waals surface area contributed by atoms with E-state index in [0.717, 1.165) is 167 Å². The zero-order valence-corrected chi connectivity index (χ0v) is 76.9. The summed E-state index contributed by atoms with van der Waals surface area (Å²) in [6.07, 6.45) is 51.9. The van der Waals surface area contributed by atoms with Gasteiger partial charge in [-0.3, -0.25) is 37.9 Å². The Labute approximate surface area is 712 Å². The van der Waals surface area contributed by atoms with E-state index in [1.165, 1.54) is 116 Å². The third-order valence-electron chi connectivity index (χ3n) is 19.3. The van der Waals surface area contributed by atoms with Crippen molar-refractivity contribution in [2.45, 2.75) is 425 Å². The molecule has 27 heteroatoms. The van der Waals surface area contributed by atoms with Gasteiger partial charge >= 0.3 is 77.1 Å². The van der Waals surface area contributed by atoms with Crippen molar-refractivity contribution in [1.29, 1.82) is 0 Å². The number of Topliss-reactive ketones (excluding diaryl/α,β-unsaturated/α-hetero) is 2. The molecule has 0 aliphatic carbocycles. The number of amides is 4. The molecule has 6 atom stereocenters. The van der Waals surface area contributed by atoms with Gasteiger partial charge in [0, 0.05) is 51.6 Å². The number of hydrogen-bond acceptors (Lipinski definition) is 19. The number of unbranched alkanes of at least 4 members (excludes halogenated alkanes) is 40. The summed E-state index contributed by atoms with van der Waals surface area (Å²) in [6, 6.07) is -2.86. The number of carbonyl (C=O) groups excluding carboxylic acids is 7. The van der Waals surface area contributed by atoms with Crippen LogP contribution < -0.4 is 90.2 Å². The maximum absolute atomic E-state index is 13.3. The monoisotopic (exact) mass is 1620 g/mol. The minimum atomic E-state index is -5.06. The number of urea groups is 1. The average molecular weight is 1620 g/mol. The summed E-state index contributed by atoms with van der Waals surface area (Å²) < 4.78 is 70.5. The smallest absolute Gasteiger partial charge is 0.756 e. The third kappa shape index (κ3) is 79.1. The largest absolute Gasteiger partial charge is 1.00 e. The number of rotatable bonds is 84. The van der Waals surface area contributed by atoms with Crippen molar-refractivity contribution in [2.24, 2.45) is 0 Å². The molecule has 110 heavy (non-hydrogen) atoms. The second-order valence-electron chi connectivity index (χ2n) is 30.0. The summed E-state index contributed by atoms with van der Waals surface area (Å²) in [7, 11) is -10.1. The van der Waals surface area contributed by atoms with Crippen molar-refractivity contribution in [3.63, 3.8) is 0 Å². The molecule has 0 radical (unpaired) electrons. The summed E-state index contributed by atoms with van der Waals surface area (Å²) in [6.45, 7) is 10.0. The predicted octanol–water partition coefficient (Wildman–Crippen LogP) is 13.2. The molecular weight excluding hydrogens is 1460 g/mol. The molecule has 4 amide bonds. The van der Waals surface area contributed by atoms with Crippen LogP contribution in [0.1, 0.15) is 401 Å². The van der Waals surface area contributed by atoms with E-state index in [2.05, 4.69) is 62.8 Å². The fraction of sp³-hybridized carbons (Fsp3) is 0.916. The van der Waals surface area contributed by atoms with Crippen LogP contribution in [0.4, 0.5) is 4.79 Å². The Kier molecular flexibility index (Phi) is 84.8. The van der Waals surface area contributed by atoms with Crippen molar-refractivity contribution >= 4 is 57.0 Å². The first kappa shape index (κ1) is 113. The molecule has 0 aliphatic heterocycles. The van der Waals surface area contributed by atoms with Gasteiger partial charge in [0.1, 0.15) is 23.8 Å². The topological polar surface area (TPSA) is 322 Å². The zero-order chi connectivity index (χ0) is 79.5. The Balaban J connectivity index is -0.0000572. The fourth-order valence-corrected chi connectivity index (χ4v) is 14.3. The molecule has 0 aromatic rings. The van der Waals surface area contributed by atoms with Crippen molar-refractivity contribution in [3.05, 3.63) is 0 Å². The van der Waals surface area contributed by atoms with E-state index < -0.39 is 84.8 Å². The molecular formula is C83H158N4Na2O19P2. The van der Waals surface area contributed by atoms with Crippen molar-refractivity contribution in [2.75, 3.05) is 65.9 Å². The Morgan fingerprint density at radius 2 is 0.564 bits per heavy atom. The molecule has 6 unspecified atom stereocenters. The van der Waals surface area contributed by atoms with Crippen LogP contribution in [0, 0.1) is 0 Å². The number of ether oxygens (including phenoxy) is 4. The van der Waals surface area contributed by atoms with Gasteiger partial charge in [0.15, 0.2) is 0 Å². The van der Waals surface area contributed by atoms with Crippen LogP contribution >= 0.6 is 15.6 Å². The maximum Gasteiger partial charge on any atom is 1.00 e. The Morgan fingerprint density at radius 1 is 0.309 bits per heavy atom. The SMILES string of the molecule is CCCCCCCCCCCC(=O)CC(=O)NC(COCCC(CCCCCCC)OC(=O)CCCCCCCCCCC)COP(=O)([O-])OCCNC(=O)NCCOP(=O)([O-])OCC(COCCC(CCCCCCC)OC(=O)CCCCCCCCCCC)NC(=O)CC(=O)CCCCCCCCCCC.[Na+].[Na+]. The number of phosphoric ester groups is 2. The van der Waals surface area contributed by atoms with Gasteiger partial charge in [-0.25, -0.2) is 4.79 Å². The molecule has 0 aromatic heterocycles. The molecule has 636 valence electrons. The van der Waals surface area contributed by atoms with Gasteiger partial charge < -0.3 is 68.1 Å². The first-order valence-electron chi connectivity index (χ1n) is 43.7. The first-order chi connectivity index (χ1) is 52.3. The third-order valence-corrected chi connectivity index (χ3v) is 21.3. The fourth-order valence-electron chi connectivity index (χ4n) is 12.8. The van der Waals surface area contributed by atoms with E-state index in [1.54, 1.807) is 0 Å². The van der Waals surface area contributed by atoms with E-state index in [-0.39, 0.29) is 147 Å². The summed E-state index contributed by atoms with van der Waals surface area (Å²) in [5.74, 6) is -2.19. The number of carbonyl (C=O) groups is 7. The van der Waals surface area contributed by atoms with Crippen LogP contribution in [0.25, 0.3) is 0 Å². The summed E-state index contributed by atoms with van der Waals surface area (Å²) in [5, 5.41) is 10.2. The van der Waals surface area contributed by atoms with Gasteiger partial charge in [-0.2, -0.15) is 0 Å². The molecule has 0 aromatic carbocycles. The number of phosphoric acid groups is 2. The predicted molar refractivity (Wildman–Crippen MR) is 428 cm³/mol. The van der Waals surface area contributed by atoms with Gasteiger partial charge in [0.25, 0.3) is 15.6 Å². The molecule has 0 aliphatic rings. The van der Waals surface area contributed by atoms with Crippen LogP contribution in [0.2, 0.25) is 0 Å². The van der Waals surface area contributed by atoms with Crippen molar-refractivity contribution < 1.29 is 149 Å². The molecule has 0 spiro atoms. The van der Waals surface area contributed by atoms with E-state index in [0.29, 0.717) is 51.4 Å². The van der Waals surface area contributed by atoms with E-state index >= 15 is 0 Å². The van der Waals surface area contributed by atoms with Crippen LogP contribution in [0.5, 0.6) is 0 Å².